The molecule has 1 heterocycles. The van der Waals surface area contributed by atoms with Crippen molar-refractivity contribution < 1.29 is 19.1 Å². The first kappa shape index (κ1) is 26.7. The van der Waals surface area contributed by atoms with Gasteiger partial charge in [-0.1, -0.05) is 66.9 Å². The van der Waals surface area contributed by atoms with Crippen LogP contribution in [0.5, 0.6) is 0 Å². The number of hydrogen-bond acceptors (Lipinski definition) is 4. The maximum atomic E-state index is 13.8. The smallest absolute Gasteiger partial charge is 0.261 e. The van der Waals surface area contributed by atoms with Gasteiger partial charge in [-0.2, -0.15) is 0 Å². The third kappa shape index (κ3) is 6.42. The van der Waals surface area contributed by atoms with Gasteiger partial charge < -0.3 is 9.64 Å². The summed E-state index contributed by atoms with van der Waals surface area (Å²) in [6.07, 6.45) is 1.43. The van der Waals surface area contributed by atoms with E-state index in [1.54, 1.807) is 35.2 Å². The average Bonchev–Trinajstić information content (AvgIpc) is 2.83. The number of rotatable bonds is 8. The van der Waals surface area contributed by atoms with Crippen LogP contribution < -0.4 is 10.9 Å². The molecule has 0 unspecified atom stereocenters. The molecule has 0 aliphatic carbocycles. The van der Waals surface area contributed by atoms with Crippen molar-refractivity contribution in [2.24, 2.45) is 0 Å². The highest BCUT2D eigenvalue weighted by Gasteiger charge is 2.48. The van der Waals surface area contributed by atoms with Crippen molar-refractivity contribution in [2.45, 2.75) is 57.4 Å². The zero-order valence-corrected chi connectivity index (χ0v) is 21.2. The highest BCUT2D eigenvalue weighted by Crippen LogP contribution is 2.44. The van der Waals surface area contributed by atoms with E-state index in [9.17, 15) is 14.4 Å². The van der Waals surface area contributed by atoms with E-state index >= 15 is 0 Å². The number of carbonyl (C=O) groups excluding carboxylic acids is 3. The molecule has 186 valence electrons. The first-order chi connectivity index (χ1) is 16.8. The van der Waals surface area contributed by atoms with E-state index in [-0.39, 0.29) is 12.3 Å². The largest absolute Gasteiger partial charge is 0.358 e. The molecular formula is C26H29Cl2N3O4. The normalized spacial score (nSPS) is 20.7. The summed E-state index contributed by atoms with van der Waals surface area (Å²) in [5.74, 6) is -1.24. The summed E-state index contributed by atoms with van der Waals surface area (Å²) in [5.41, 5.74) is 6.28. The van der Waals surface area contributed by atoms with Crippen LogP contribution in [0.1, 0.15) is 56.4 Å². The minimum atomic E-state index is -0.863. The van der Waals surface area contributed by atoms with Crippen LogP contribution in [0.15, 0.2) is 61.2 Å². The van der Waals surface area contributed by atoms with Crippen LogP contribution in [0.3, 0.4) is 0 Å². The zero-order chi connectivity index (χ0) is 25.5. The summed E-state index contributed by atoms with van der Waals surface area (Å²) in [6.45, 7) is 6.98. The van der Waals surface area contributed by atoms with Gasteiger partial charge in [0, 0.05) is 23.4 Å². The maximum Gasteiger partial charge on any atom is 0.261 e. The summed E-state index contributed by atoms with van der Waals surface area (Å²) in [5, 5.41) is 1.07. The molecule has 2 aromatic carbocycles. The van der Waals surface area contributed by atoms with Crippen molar-refractivity contribution >= 4 is 40.9 Å². The van der Waals surface area contributed by atoms with Crippen molar-refractivity contribution in [1.29, 1.82) is 0 Å². The van der Waals surface area contributed by atoms with Crippen molar-refractivity contribution in [3.8, 4) is 0 Å². The number of carbonyl (C=O) groups is 3. The Hall–Kier alpha value is -2.87. The van der Waals surface area contributed by atoms with Crippen molar-refractivity contribution in [2.75, 3.05) is 0 Å². The van der Waals surface area contributed by atoms with Gasteiger partial charge in [-0.3, -0.25) is 25.2 Å². The van der Waals surface area contributed by atoms with Crippen LogP contribution in [-0.4, -0.2) is 34.8 Å². The maximum absolute atomic E-state index is 13.8. The zero-order valence-electron chi connectivity index (χ0n) is 19.7. The lowest BCUT2D eigenvalue weighted by Gasteiger charge is -2.47. The quantitative estimate of drug-likeness (QED) is 0.384. The second-order valence-corrected chi connectivity index (χ2v) is 9.21. The summed E-state index contributed by atoms with van der Waals surface area (Å²) in [4.78, 5) is 40.1. The summed E-state index contributed by atoms with van der Waals surface area (Å²) in [6, 6.07) is 12.8. The van der Waals surface area contributed by atoms with E-state index < -0.39 is 36.1 Å². The lowest BCUT2D eigenvalue weighted by molar-refractivity contribution is -0.181. The minimum Gasteiger partial charge on any atom is -0.358 e. The fourth-order valence-electron chi connectivity index (χ4n) is 4.26. The third-order valence-electron chi connectivity index (χ3n) is 5.76. The van der Waals surface area contributed by atoms with Crippen molar-refractivity contribution in [1.82, 2.24) is 15.8 Å². The number of amides is 3. The Bertz CT molecular complexity index is 1080. The number of benzene rings is 2. The predicted molar refractivity (Wildman–Crippen MR) is 136 cm³/mol. The van der Waals surface area contributed by atoms with Gasteiger partial charge in [0.2, 0.25) is 5.91 Å². The Kier molecular flexibility index (Phi) is 9.32. The molecule has 3 rings (SSSR count). The van der Waals surface area contributed by atoms with Crippen LogP contribution in [0, 0.1) is 0 Å². The standard InChI is InChI=1S/C26H29Cl2N3O4/c1-4-7-21(25(33)30-29-16(3)32)31-23(17-11-13-19(27)14-12-17)24(18-9-6-10-20(28)15-18)35-22(8-5-2)26(31)34/h5-6,9-15,21-24H,2,4,7-8H2,1,3H3,(H,29,32)(H,30,33)/t21-,22-,23+,24-/m1/s1. The van der Waals surface area contributed by atoms with Gasteiger partial charge in [0.15, 0.2) is 0 Å². The summed E-state index contributed by atoms with van der Waals surface area (Å²) < 4.78 is 6.36. The Morgan fingerprint density at radius 1 is 1.11 bits per heavy atom. The highest BCUT2D eigenvalue weighted by atomic mass is 35.5. The highest BCUT2D eigenvalue weighted by molar-refractivity contribution is 6.30. The molecule has 1 saturated heterocycles. The molecule has 35 heavy (non-hydrogen) atoms. The van der Waals surface area contributed by atoms with Gasteiger partial charge in [-0.15, -0.1) is 6.58 Å². The lowest BCUT2D eigenvalue weighted by Crippen LogP contribution is -2.60. The topological polar surface area (TPSA) is 87.7 Å². The van der Waals surface area contributed by atoms with Crippen molar-refractivity contribution in [3.05, 3.63) is 82.4 Å². The molecule has 1 fully saturated rings. The molecule has 0 aromatic heterocycles. The molecule has 2 aromatic rings. The Morgan fingerprint density at radius 3 is 2.43 bits per heavy atom. The number of nitrogens with one attached hydrogen (secondary N) is 2. The molecule has 2 N–H and O–H groups in total. The Balaban J connectivity index is 2.17. The predicted octanol–water partition coefficient (Wildman–Crippen LogP) is 4.92. The number of ether oxygens (including phenoxy) is 1. The van der Waals surface area contributed by atoms with Gasteiger partial charge in [0.05, 0.1) is 6.04 Å². The molecule has 1 aliphatic heterocycles. The van der Waals surface area contributed by atoms with Crippen LogP contribution in [0.4, 0.5) is 0 Å². The second kappa shape index (κ2) is 12.2. The molecule has 0 saturated carbocycles. The van der Waals surface area contributed by atoms with E-state index in [0.717, 1.165) is 11.1 Å². The molecule has 1 aliphatic rings. The number of halogens is 2. The lowest BCUT2D eigenvalue weighted by atomic mass is 9.89. The van der Waals surface area contributed by atoms with E-state index in [0.29, 0.717) is 22.9 Å². The second-order valence-electron chi connectivity index (χ2n) is 8.34. The molecule has 0 radical (unpaired) electrons. The fraction of sp³-hybridized carbons (Fsp3) is 0.346. The van der Waals surface area contributed by atoms with Crippen LogP contribution in [-0.2, 0) is 19.1 Å². The van der Waals surface area contributed by atoms with Gasteiger partial charge >= 0.3 is 0 Å². The number of hydrogen-bond donors (Lipinski definition) is 2. The van der Waals surface area contributed by atoms with E-state index in [1.807, 2.05) is 31.2 Å². The number of nitrogens with zero attached hydrogens (tertiary/aromatic N) is 1. The molecule has 4 atom stereocenters. The SMILES string of the molecule is C=CC[C@H]1O[C@H](c2cccc(Cl)c2)[C@H](c2ccc(Cl)cc2)N([C@H](CCC)C(=O)NNC(C)=O)C1=O. The van der Waals surface area contributed by atoms with Crippen molar-refractivity contribution in [3.63, 3.8) is 0 Å². The van der Waals surface area contributed by atoms with Gasteiger partial charge in [0.1, 0.15) is 18.2 Å². The third-order valence-corrected chi connectivity index (χ3v) is 6.25. The fourth-order valence-corrected chi connectivity index (χ4v) is 4.58. The van der Waals surface area contributed by atoms with Gasteiger partial charge in [-0.05, 0) is 41.8 Å². The Labute approximate surface area is 215 Å². The minimum absolute atomic E-state index is 0.270. The molecule has 9 heteroatoms. The molecule has 3 amide bonds. The van der Waals surface area contributed by atoms with Gasteiger partial charge in [-0.25, -0.2) is 0 Å². The summed E-state index contributed by atoms with van der Waals surface area (Å²) in [7, 11) is 0. The first-order valence-electron chi connectivity index (χ1n) is 11.4. The molecule has 0 bridgehead atoms. The number of hydrazine groups is 1. The molecule has 7 nitrogen and oxygen atoms in total. The first-order valence-corrected chi connectivity index (χ1v) is 12.2. The van der Waals surface area contributed by atoms with Crippen LogP contribution in [0.2, 0.25) is 10.0 Å². The average molecular weight is 518 g/mol. The molecular weight excluding hydrogens is 489 g/mol. The molecule has 0 spiro atoms. The Morgan fingerprint density at radius 2 is 1.83 bits per heavy atom. The van der Waals surface area contributed by atoms with Crippen LogP contribution >= 0.6 is 23.2 Å². The van der Waals surface area contributed by atoms with E-state index in [4.69, 9.17) is 27.9 Å². The van der Waals surface area contributed by atoms with Crippen LogP contribution in [0.25, 0.3) is 0 Å². The van der Waals surface area contributed by atoms with Gasteiger partial charge in [0.25, 0.3) is 11.8 Å². The van der Waals surface area contributed by atoms with E-state index in [1.165, 1.54) is 6.92 Å². The monoisotopic (exact) mass is 517 g/mol. The summed E-state index contributed by atoms with van der Waals surface area (Å²) >= 11 is 12.4. The number of morpholine rings is 1. The van der Waals surface area contributed by atoms with E-state index in [2.05, 4.69) is 17.4 Å².